The van der Waals surface area contributed by atoms with Crippen molar-refractivity contribution in [3.63, 3.8) is 0 Å². The highest BCUT2D eigenvalue weighted by Crippen LogP contribution is 2.12. The molecular formula is C9H12N2. The molecule has 2 nitrogen and oxygen atoms in total. The molecule has 0 aliphatic rings. The zero-order valence-corrected chi connectivity index (χ0v) is 6.91. The number of hydrogen-bond donors (Lipinski definition) is 0. The maximum atomic E-state index is 5.30. The third-order valence-electron chi connectivity index (χ3n) is 1.78. The molecule has 11 heavy (non-hydrogen) atoms. The third kappa shape index (κ3) is 1.43. The fourth-order valence-corrected chi connectivity index (χ4v) is 1.04. The molecule has 1 heterocycles. The molecule has 1 rings (SSSR count). The Morgan fingerprint density at radius 1 is 1.82 bits per heavy atom. The fraction of sp³-hybridized carbons (Fsp3) is 0.444. The highest BCUT2D eigenvalue weighted by molar-refractivity contribution is 5.16. The summed E-state index contributed by atoms with van der Waals surface area (Å²) >= 11 is 0. The van der Waals surface area contributed by atoms with Crippen molar-refractivity contribution in [3.05, 3.63) is 18.2 Å². The second kappa shape index (κ2) is 3.25. The predicted octanol–water partition coefficient (Wildman–Crippen LogP) is 1.64. The van der Waals surface area contributed by atoms with Crippen molar-refractivity contribution < 1.29 is 0 Å². The van der Waals surface area contributed by atoms with Crippen LogP contribution in [0.4, 0.5) is 0 Å². The van der Waals surface area contributed by atoms with Gasteiger partial charge in [-0.05, 0) is 13.8 Å². The van der Waals surface area contributed by atoms with Crippen molar-refractivity contribution in [1.29, 1.82) is 0 Å². The zero-order chi connectivity index (χ0) is 8.27. The first kappa shape index (κ1) is 7.87. The zero-order valence-electron chi connectivity index (χ0n) is 6.91. The Morgan fingerprint density at radius 2 is 2.55 bits per heavy atom. The Labute approximate surface area is 67.3 Å². The van der Waals surface area contributed by atoms with Gasteiger partial charge in [-0.3, -0.25) is 0 Å². The Balaban J connectivity index is 2.94. The predicted molar refractivity (Wildman–Crippen MR) is 45.1 cm³/mol. The van der Waals surface area contributed by atoms with Crippen molar-refractivity contribution in [1.82, 2.24) is 9.55 Å². The molecule has 2 heteroatoms. The summed E-state index contributed by atoms with van der Waals surface area (Å²) in [7, 11) is 0. The van der Waals surface area contributed by atoms with Gasteiger partial charge in [-0.25, -0.2) is 4.98 Å². The van der Waals surface area contributed by atoms with Crippen LogP contribution in [0.15, 0.2) is 12.5 Å². The summed E-state index contributed by atoms with van der Waals surface area (Å²) in [5.41, 5.74) is 1.12. The van der Waals surface area contributed by atoms with E-state index in [4.69, 9.17) is 6.42 Å². The average Bonchev–Trinajstić information content (AvgIpc) is 2.50. The summed E-state index contributed by atoms with van der Waals surface area (Å²) in [5.74, 6) is 2.85. The van der Waals surface area contributed by atoms with Crippen molar-refractivity contribution in [2.24, 2.45) is 0 Å². The van der Waals surface area contributed by atoms with Gasteiger partial charge in [-0.15, -0.1) is 6.42 Å². The molecule has 0 spiro atoms. The molecule has 1 atom stereocenters. The van der Waals surface area contributed by atoms with E-state index in [0.717, 1.165) is 12.2 Å². The molecule has 0 radical (unpaired) electrons. The summed E-state index contributed by atoms with van der Waals surface area (Å²) in [6, 6.07) is 0. The van der Waals surface area contributed by atoms with E-state index < -0.39 is 0 Å². The molecule has 0 amide bonds. The molecule has 0 fully saturated rings. The number of hydrogen-bond acceptors (Lipinski definition) is 1. The maximum Gasteiger partial charge on any atom is 0.0948 e. The summed E-state index contributed by atoms with van der Waals surface area (Å²) in [5, 5.41) is 0. The first-order valence-electron chi connectivity index (χ1n) is 3.75. The Morgan fingerprint density at radius 3 is 3.09 bits per heavy atom. The second-order valence-electron chi connectivity index (χ2n) is 2.49. The van der Waals surface area contributed by atoms with E-state index in [2.05, 4.69) is 22.4 Å². The van der Waals surface area contributed by atoms with Gasteiger partial charge in [0.05, 0.1) is 17.9 Å². The Bertz CT molecular complexity index is 267. The number of aryl methyl sites for hydroxylation is 1. The van der Waals surface area contributed by atoms with Crippen LogP contribution in [0.3, 0.4) is 0 Å². The van der Waals surface area contributed by atoms with E-state index in [1.165, 1.54) is 0 Å². The standard InChI is InChI=1S/C9H12N2/c1-4-8(3)9-6-10-7-11(9)5-2/h1,6-8H,5H2,2-3H3. The largest absolute Gasteiger partial charge is 0.334 e. The van der Waals surface area contributed by atoms with Gasteiger partial charge in [0.1, 0.15) is 0 Å². The van der Waals surface area contributed by atoms with Crippen LogP contribution in [-0.4, -0.2) is 9.55 Å². The van der Waals surface area contributed by atoms with Gasteiger partial charge in [0.15, 0.2) is 0 Å². The minimum atomic E-state index is 0.164. The van der Waals surface area contributed by atoms with Crippen LogP contribution >= 0.6 is 0 Å². The highest BCUT2D eigenvalue weighted by atomic mass is 15.0. The van der Waals surface area contributed by atoms with Crippen LogP contribution in [0.2, 0.25) is 0 Å². The molecule has 0 aromatic carbocycles. The lowest BCUT2D eigenvalue weighted by molar-refractivity contribution is 0.700. The van der Waals surface area contributed by atoms with Crippen LogP contribution in [-0.2, 0) is 6.54 Å². The van der Waals surface area contributed by atoms with Crippen LogP contribution in [0.1, 0.15) is 25.5 Å². The number of terminal acetylenes is 1. The first-order valence-corrected chi connectivity index (χ1v) is 3.75. The van der Waals surface area contributed by atoms with Gasteiger partial charge in [-0.1, -0.05) is 5.92 Å². The average molecular weight is 148 g/mol. The summed E-state index contributed by atoms with van der Waals surface area (Å²) in [6.45, 7) is 5.01. The van der Waals surface area contributed by atoms with E-state index in [9.17, 15) is 0 Å². The number of nitrogens with zero attached hydrogens (tertiary/aromatic N) is 2. The van der Waals surface area contributed by atoms with Crippen LogP contribution in [0, 0.1) is 12.3 Å². The van der Waals surface area contributed by atoms with Crippen LogP contribution < -0.4 is 0 Å². The fourth-order valence-electron chi connectivity index (χ4n) is 1.04. The Hall–Kier alpha value is -1.23. The Kier molecular flexibility index (Phi) is 2.32. The number of imidazole rings is 1. The molecule has 0 aliphatic heterocycles. The van der Waals surface area contributed by atoms with Crippen molar-refractivity contribution in [3.8, 4) is 12.3 Å². The van der Waals surface area contributed by atoms with Gasteiger partial charge in [0.2, 0.25) is 0 Å². The van der Waals surface area contributed by atoms with Crippen molar-refractivity contribution in [2.45, 2.75) is 26.3 Å². The molecule has 1 aromatic rings. The summed E-state index contributed by atoms with van der Waals surface area (Å²) in [6.07, 6.45) is 8.93. The van der Waals surface area contributed by atoms with E-state index in [0.29, 0.717) is 0 Å². The normalized spacial score (nSPS) is 12.5. The molecule has 1 aromatic heterocycles. The lowest BCUT2D eigenvalue weighted by Crippen LogP contribution is -2.01. The van der Waals surface area contributed by atoms with Gasteiger partial charge in [-0.2, -0.15) is 0 Å². The molecular weight excluding hydrogens is 136 g/mol. The molecule has 1 unspecified atom stereocenters. The van der Waals surface area contributed by atoms with Gasteiger partial charge in [0, 0.05) is 12.7 Å². The number of aromatic nitrogens is 2. The lowest BCUT2D eigenvalue weighted by Gasteiger charge is -2.06. The van der Waals surface area contributed by atoms with E-state index in [1.807, 2.05) is 19.4 Å². The lowest BCUT2D eigenvalue weighted by atomic mass is 10.1. The van der Waals surface area contributed by atoms with E-state index in [-0.39, 0.29) is 5.92 Å². The van der Waals surface area contributed by atoms with Crippen molar-refractivity contribution in [2.75, 3.05) is 0 Å². The molecule has 0 saturated carbocycles. The van der Waals surface area contributed by atoms with Crippen LogP contribution in [0.5, 0.6) is 0 Å². The van der Waals surface area contributed by atoms with Crippen molar-refractivity contribution >= 4 is 0 Å². The second-order valence-corrected chi connectivity index (χ2v) is 2.49. The quantitative estimate of drug-likeness (QED) is 0.583. The van der Waals surface area contributed by atoms with E-state index in [1.54, 1.807) is 0 Å². The molecule has 58 valence electrons. The highest BCUT2D eigenvalue weighted by Gasteiger charge is 2.05. The third-order valence-corrected chi connectivity index (χ3v) is 1.78. The van der Waals surface area contributed by atoms with Crippen LogP contribution in [0.25, 0.3) is 0 Å². The van der Waals surface area contributed by atoms with Gasteiger partial charge < -0.3 is 4.57 Å². The summed E-state index contributed by atoms with van der Waals surface area (Å²) < 4.78 is 2.06. The van der Waals surface area contributed by atoms with Gasteiger partial charge >= 0.3 is 0 Å². The molecule has 0 bridgehead atoms. The first-order chi connectivity index (χ1) is 5.29. The number of rotatable bonds is 2. The summed E-state index contributed by atoms with van der Waals surface area (Å²) in [4.78, 5) is 4.03. The maximum absolute atomic E-state index is 5.30. The minimum absolute atomic E-state index is 0.164. The topological polar surface area (TPSA) is 17.8 Å². The van der Waals surface area contributed by atoms with E-state index >= 15 is 0 Å². The SMILES string of the molecule is C#CC(C)c1cncn1CC. The monoisotopic (exact) mass is 148 g/mol. The minimum Gasteiger partial charge on any atom is -0.334 e. The molecule has 0 saturated heterocycles. The molecule has 0 aliphatic carbocycles. The van der Waals surface area contributed by atoms with Gasteiger partial charge in [0.25, 0.3) is 0 Å². The smallest absolute Gasteiger partial charge is 0.0948 e. The molecule has 0 N–H and O–H groups in total.